The molecule has 1 N–H and O–H groups in total. The van der Waals surface area contributed by atoms with E-state index in [2.05, 4.69) is 18.3 Å². The molecule has 0 saturated carbocycles. The number of hydrogen-bond acceptors (Lipinski definition) is 1. The highest BCUT2D eigenvalue weighted by Gasteiger charge is 2.24. The maximum absolute atomic E-state index is 13.0. The molecule has 0 spiro atoms. The lowest BCUT2D eigenvalue weighted by molar-refractivity contribution is 0.264. The van der Waals surface area contributed by atoms with Crippen molar-refractivity contribution in [3.63, 3.8) is 0 Å². The van der Waals surface area contributed by atoms with E-state index >= 15 is 0 Å². The Labute approximate surface area is 74.0 Å². The van der Waals surface area contributed by atoms with Gasteiger partial charge in [-0.3, -0.25) is 0 Å². The second-order valence-corrected chi connectivity index (χ2v) is 3.61. The molecule has 0 bridgehead atoms. The molecule has 3 unspecified atom stereocenters. The Hall–Kier alpha value is -0.370. The fourth-order valence-corrected chi connectivity index (χ4v) is 1.69. The zero-order valence-corrected chi connectivity index (χ0v) is 8.10. The van der Waals surface area contributed by atoms with Gasteiger partial charge in [-0.25, -0.2) is 4.39 Å². The smallest absolute Gasteiger partial charge is 0.116 e. The van der Waals surface area contributed by atoms with Gasteiger partial charge in [0.1, 0.15) is 6.17 Å². The molecule has 0 aromatic rings. The van der Waals surface area contributed by atoms with Gasteiger partial charge in [0.15, 0.2) is 0 Å². The topological polar surface area (TPSA) is 12.0 Å². The Balaban J connectivity index is 2.61. The summed E-state index contributed by atoms with van der Waals surface area (Å²) in [6.45, 7) is 5.75. The Morgan fingerprint density at radius 2 is 2.42 bits per heavy atom. The zero-order chi connectivity index (χ0) is 9.14. The van der Waals surface area contributed by atoms with Crippen LogP contribution in [0.5, 0.6) is 0 Å². The van der Waals surface area contributed by atoms with Gasteiger partial charge in [-0.15, -0.1) is 0 Å². The van der Waals surface area contributed by atoms with Gasteiger partial charge in [-0.2, -0.15) is 0 Å². The summed E-state index contributed by atoms with van der Waals surface area (Å²) in [5.41, 5.74) is 1.15. The number of hydrogen-bond donors (Lipinski definition) is 1. The molecule has 0 saturated heterocycles. The molecule has 70 valence electrons. The van der Waals surface area contributed by atoms with Crippen LogP contribution >= 0.6 is 0 Å². The normalized spacial score (nSPS) is 32.8. The van der Waals surface area contributed by atoms with Crippen LogP contribution in [0.2, 0.25) is 0 Å². The summed E-state index contributed by atoms with van der Waals surface area (Å²) in [6, 6.07) is 0.417. The van der Waals surface area contributed by atoms with Crippen LogP contribution in [0, 0.1) is 0 Å². The molecule has 2 heteroatoms. The molecule has 1 aliphatic heterocycles. The van der Waals surface area contributed by atoms with Crippen molar-refractivity contribution in [2.75, 3.05) is 0 Å². The van der Waals surface area contributed by atoms with E-state index in [4.69, 9.17) is 0 Å². The Morgan fingerprint density at radius 1 is 1.75 bits per heavy atom. The molecular formula is C10H18FN. The second-order valence-electron chi connectivity index (χ2n) is 3.61. The number of nitrogens with one attached hydrogen (secondary N) is 1. The molecule has 0 radical (unpaired) electrons. The maximum atomic E-state index is 13.0. The molecule has 0 amide bonds. The van der Waals surface area contributed by atoms with Gasteiger partial charge in [0.2, 0.25) is 0 Å². The standard InChI is InChI=1S/C10H18FN/c1-4-9-6-5-7(2)10(12-9)8(3)11/h5,8-10,12H,4,6H2,1-3H3. The minimum atomic E-state index is -0.782. The van der Waals surface area contributed by atoms with Crippen molar-refractivity contribution in [3.05, 3.63) is 11.6 Å². The van der Waals surface area contributed by atoms with E-state index in [-0.39, 0.29) is 6.04 Å². The predicted octanol–water partition coefficient (Wildman–Crippen LogP) is 2.43. The average Bonchev–Trinajstić information content (AvgIpc) is 2.05. The van der Waals surface area contributed by atoms with Crippen molar-refractivity contribution in [1.29, 1.82) is 0 Å². The SMILES string of the molecule is CCC1CC=C(C)C(C(C)F)N1. The summed E-state index contributed by atoms with van der Waals surface area (Å²) in [5, 5.41) is 3.31. The fourth-order valence-electron chi connectivity index (χ4n) is 1.69. The van der Waals surface area contributed by atoms with Crippen molar-refractivity contribution in [2.24, 2.45) is 0 Å². The third-order valence-corrected chi connectivity index (χ3v) is 2.58. The molecule has 1 heterocycles. The van der Waals surface area contributed by atoms with Gasteiger partial charge in [-0.1, -0.05) is 18.6 Å². The van der Waals surface area contributed by atoms with Gasteiger partial charge in [0, 0.05) is 6.04 Å². The van der Waals surface area contributed by atoms with Crippen LogP contribution in [0.25, 0.3) is 0 Å². The van der Waals surface area contributed by atoms with E-state index in [1.165, 1.54) is 0 Å². The number of alkyl halides is 1. The summed E-state index contributed by atoms with van der Waals surface area (Å²) in [7, 11) is 0. The van der Waals surface area contributed by atoms with Crippen LogP contribution in [0.15, 0.2) is 11.6 Å². The Morgan fingerprint density at radius 3 is 2.92 bits per heavy atom. The van der Waals surface area contributed by atoms with Gasteiger partial charge in [0.25, 0.3) is 0 Å². The molecule has 12 heavy (non-hydrogen) atoms. The van der Waals surface area contributed by atoms with Crippen LogP contribution in [0.4, 0.5) is 4.39 Å². The van der Waals surface area contributed by atoms with Crippen LogP contribution in [-0.4, -0.2) is 18.3 Å². The first kappa shape index (κ1) is 9.72. The highest BCUT2D eigenvalue weighted by atomic mass is 19.1. The molecule has 1 rings (SSSR count). The summed E-state index contributed by atoms with van der Waals surface area (Å²) in [5.74, 6) is 0. The summed E-state index contributed by atoms with van der Waals surface area (Å²) < 4.78 is 13.0. The molecule has 1 nitrogen and oxygen atoms in total. The molecule has 0 fully saturated rings. The van der Waals surface area contributed by atoms with Crippen LogP contribution in [-0.2, 0) is 0 Å². The summed E-state index contributed by atoms with van der Waals surface area (Å²) >= 11 is 0. The van der Waals surface area contributed by atoms with Crippen molar-refractivity contribution in [2.45, 2.75) is 51.9 Å². The monoisotopic (exact) mass is 171 g/mol. The van der Waals surface area contributed by atoms with Crippen LogP contribution in [0.3, 0.4) is 0 Å². The van der Waals surface area contributed by atoms with Gasteiger partial charge < -0.3 is 5.32 Å². The average molecular weight is 171 g/mol. The third kappa shape index (κ3) is 2.07. The lowest BCUT2D eigenvalue weighted by atomic mass is 9.95. The van der Waals surface area contributed by atoms with Gasteiger partial charge >= 0.3 is 0 Å². The largest absolute Gasteiger partial charge is 0.305 e. The molecule has 0 aromatic carbocycles. The summed E-state index contributed by atoms with van der Waals surface area (Å²) in [6.07, 6.45) is 3.50. The zero-order valence-electron chi connectivity index (χ0n) is 8.10. The van der Waals surface area contributed by atoms with Crippen molar-refractivity contribution >= 4 is 0 Å². The van der Waals surface area contributed by atoms with E-state index in [1.54, 1.807) is 6.92 Å². The Kier molecular flexibility index (Phi) is 3.27. The molecule has 0 aliphatic carbocycles. The highest BCUT2D eigenvalue weighted by molar-refractivity contribution is 5.14. The van der Waals surface area contributed by atoms with Crippen molar-refractivity contribution < 1.29 is 4.39 Å². The first-order valence-corrected chi connectivity index (χ1v) is 4.72. The van der Waals surface area contributed by atoms with Crippen LogP contribution in [0.1, 0.15) is 33.6 Å². The maximum Gasteiger partial charge on any atom is 0.116 e. The molecular weight excluding hydrogens is 153 g/mol. The molecule has 1 aliphatic rings. The van der Waals surface area contributed by atoms with Gasteiger partial charge in [-0.05, 0) is 26.7 Å². The van der Waals surface area contributed by atoms with Crippen molar-refractivity contribution in [1.82, 2.24) is 5.32 Å². The molecule has 0 aromatic heterocycles. The van der Waals surface area contributed by atoms with E-state index in [1.807, 2.05) is 6.92 Å². The lowest BCUT2D eigenvalue weighted by Gasteiger charge is -2.30. The lowest BCUT2D eigenvalue weighted by Crippen LogP contribution is -2.46. The van der Waals surface area contributed by atoms with E-state index in [0.717, 1.165) is 18.4 Å². The van der Waals surface area contributed by atoms with Gasteiger partial charge in [0.05, 0.1) is 6.04 Å². The minimum absolute atomic E-state index is 0.0521. The van der Waals surface area contributed by atoms with E-state index in [0.29, 0.717) is 6.04 Å². The van der Waals surface area contributed by atoms with Crippen LogP contribution < -0.4 is 5.32 Å². The molecule has 3 atom stereocenters. The first-order valence-electron chi connectivity index (χ1n) is 4.72. The van der Waals surface area contributed by atoms with Crippen molar-refractivity contribution in [3.8, 4) is 0 Å². The Bertz CT molecular complexity index is 175. The summed E-state index contributed by atoms with van der Waals surface area (Å²) in [4.78, 5) is 0. The highest BCUT2D eigenvalue weighted by Crippen LogP contribution is 2.18. The number of rotatable bonds is 2. The fraction of sp³-hybridized carbons (Fsp3) is 0.800. The number of halogens is 1. The van der Waals surface area contributed by atoms with E-state index < -0.39 is 6.17 Å². The predicted molar refractivity (Wildman–Crippen MR) is 49.9 cm³/mol. The third-order valence-electron chi connectivity index (χ3n) is 2.58. The minimum Gasteiger partial charge on any atom is -0.305 e. The quantitative estimate of drug-likeness (QED) is 0.629. The first-order chi connectivity index (χ1) is 5.65. The van der Waals surface area contributed by atoms with E-state index in [9.17, 15) is 4.39 Å². The second kappa shape index (κ2) is 4.04.